The third-order valence-electron chi connectivity index (χ3n) is 5.29. The Labute approximate surface area is 186 Å². The maximum absolute atomic E-state index is 8.06. The summed E-state index contributed by atoms with van der Waals surface area (Å²) in [4.78, 5) is 0. The van der Waals surface area contributed by atoms with Crippen molar-refractivity contribution >= 4 is 56.3 Å². The summed E-state index contributed by atoms with van der Waals surface area (Å²) in [6.07, 6.45) is 0.617. The van der Waals surface area contributed by atoms with Crippen LogP contribution in [0.4, 0.5) is 0 Å². The third kappa shape index (κ3) is 3.72. The predicted octanol–water partition coefficient (Wildman–Crippen LogP) is 7.18. The Hall–Kier alpha value is -1.82. The number of hydrogen-bond acceptors (Lipinski definition) is 0. The van der Waals surface area contributed by atoms with Gasteiger partial charge in [-0.3, -0.25) is 0 Å². The Kier molecular flexibility index (Phi) is 5.74. The van der Waals surface area contributed by atoms with Crippen LogP contribution in [0, 0.1) is 0 Å². The summed E-state index contributed by atoms with van der Waals surface area (Å²) >= 11 is 20.8. The van der Waals surface area contributed by atoms with Gasteiger partial charge >= 0.3 is 187 Å². The molecule has 0 saturated carbocycles. The molecule has 0 radical (unpaired) electrons. The molecule has 0 bridgehead atoms. The zero-order valence-electron chi connectivity index (χ0n) is 15.7. The van der Waals surface area contributed by atoms with Gasteiger partial charge in [-0.15, -0.1) is 0 Å². The first kappa shape index (κ1) is 20.5. The molecule has 0 aliphatic heterocycles. The van der Waals surface area contributed by atoms with Crippen molar-refractivity contribution in [2.45, 2.75) is 6.16 Å². The zero-order valence-corrected chi connectivity index (χ0v) is 18.8. The van der Waals surface area contributed by atoms with Crippen LogP contribution < -0.4 is 15.9 Å². The molecule has 146 valence electrons. The van der Waals surface area contributed by atoms with Crippen LogP contribution in [0.5, 0.6) is 0 Å². The second-order valence-corrected chi connectivity index (χ2v) is 14.5. The van der Waals surface area contributed by atoms with Crippen molar-refractivity contribution < 1.29 is 0 Å². The van der Waals surface area contributed by atoms with E-state index in [-0.39, 0.29) is 0 Å². The summed E-state index contributed by atoms with van der Waals surface area (Å²) in [5.74, 6) is -3.37. The summed E-state index contributed by atoms with van der Waals surface area (Å²) in [7, 11) is 0. The molecule has 0 nitrogen and oxygen atoms in total. The van der Waals surface area contributed by atoms with E-state index in [1.807, 2.05) is 30.3 Å². The first-order valence-electron chi connectivity index (χ1n) is 9.35. The first-order chi connectivity index (χ1) is 14.0. The number of hydrogen-bond donors (Lipinski definition) is 0. The predicted molar refractivity (Wildman–Crippen MR) is 131 cm³/mol. The van der Waals surface area contributed by atoms with E-state index in [9.17, 15) is 0 Å². The van der Waals surface area contributed by atoms with Crippen molar-refractivity contribution in [3.8, 4) is 0 Å². The molecule has 0 aliphatic carbocycles. The average molecular weight is 458 g/mol. The molecule has 4 aromatic carbocycles. The van der Waals surface area contributed by atoms with Crippen LogP contribution in [0.15, 0.2) is 109 Å². The number of halogens is 3. The van der Waals surface area contributed by atoms with Crippen LogP contribution in [0.2, 0.25) is 10.0 Å². The van der Waals surface area contributed by atoms with E-state index >= 15 is 0 Å². The Morgan fingerprint density at radius 3 is 1.21 bits per heavy atom. The van der Waals surface area contributed by atoms with E-state index in [4.69, 9.17) is 34.4 Å². The Balaban J connectivity index is 2.09. The Morgan fingerprint density at radius 2 is 0.862 bits per heavy atom. The third-order valence-corrected chi connectivity index (χ3v) is 12.9. The topological polar surface area (TPSA) is 0 Å². The van der Waals surface area contributed by atoms with Crippen molar-refractivity contribution in [1.29, 1.82) is 0 Å². The van der Waals surface area contributed by atoms with Crippen LogP contribution in [0.25, 0.3) is 0 Å². The van der Waals surface area contributed by atoms with Crippen LogP contribution in [0.3, 0.4) is 0 Å². The zero-order chi connectivity index (χ0) is 20.3. The van der Waals surface area contributed by atoms with Crippen molar-refractivity contribution in [3.05, 3.63) is 125 Å². The molecule has 0 amide bonds. The SMILES string of the molecule is Clc1cc(Cl)cc(CP(Cl)(c2ccccc2)(c2ccccc2)c2ccccc2)c1. The minimum absolute atomic E-state index is 0.614. The molecule has 4 heteroatoms. The summed E-state index contributed by atoms with van der Waals surface area (Å²) in [5.41, 5.74) is 1.02. The van der Waals surface area contributed by atoms with E-state index in [1.165, 1.54) is 0 Å². The van der Waals surface area contributed by atoms with Gasteiger partial charge in [-0.2, -0.15) is 0 Å². The molecule has 0 aromatic heterocycles. The van der Waals surface area contributed by atoms with Gasteiger partial charge in [0.05, 0.1) is 0 Å². The molecular formula is C25H20Cl3P. The molecule has 0 N–H and O–H groups in total. The standard InChI is InChI=1S/C25H20Cl3P/c26-21-16-20(17-22(27)18-21)19-29(28,23-10-4-1-5-11-23,24-12-6-2-7-13-24)25-14-8-3-9-15-25/h1-18H,19H2. The fourth-order valence-electron chi connectivity index (χ4n) is 3.98. The molecular weight excluding hydrogens is 438 g/mol. The monoisotopic (exact) mass is 456 g/mol. The van der Waals surface area contributed by atoms with E-state index in [2.05, 4.69) is 72.8 Å². The molecule has 0 aliphatic rings. The van der Waals surface area contributed by atoms with Crippen LogP contribution >= 0.6 is 40.4 Å². The van der Waals surface area contributed by atoms with Crippen LogP contribution in [0.1, 0.15) is 5.56 Å². The van der Waals surface area contributed by atoms with Gasteiger partial charge < -0.3 is 0 Å². The van der Waals surface area contributed by atoms with Crippen LogP contribution in [-0.4, -0.2) is 0 Å². The van der Waals surface area contributed by atoms with Crippen molar-refractivity contribution in [1.82, 2.24) is 0 Å². The van der Waals surface area contributed by atoms with Crippen LogP contribution in [-0.2, 0) is 6.16 Å². The van der Waals surface area contributed by atoms with Gasteiger partial charge in [0.1, 0.15) is 0 Å². The number of benzene rings is 4. The second-order valence-electron chi connectivity index (χ2n) is 7.13. The van der Waals surface area contributed by atoms with E-state index in [0.29, 0.717) is 16.2 Å². The summed E-state index contributed by atoms with van der Waals surface area (Å²) in [5, 5.41) is 4.59. The van der Waals surface area contributed by atoms with Gasteiger partial charge in [0, 0.05) is 0 Å². The van der Waals surface area contributed by atoms with E-state index in [1.54, 1.807) is 6.07 Å². The second kappa shape index (κ2) is 8.13. The van der Waals surface area contributed by atoms with Gasteiger partial charge in [-0.1, -0.05) is 0 Å². The van der Waals surface area contributed by atoms with Crippen molar-refractivity contribution in [3.63, 3.8) is 0 Å². The summed E-state index contributed by atoms with van der Waals surface area (Å²) in [6, 6.07) is 36.9. The van der Waals surface area contributed by atoms with Gasteiger partial charge in [0.25, 0.3) is 0 Å². The first-order valence-corrected chi connectivity index (χ1v) is 13.4. The molecule has 4 rings (SSSR count). The Bertz CT molecular complexity index is 993. The number of rotatable bonds is 5. The summed E-state index contributed by atoms with van der Waals surface area (Å²) in [6.45, 7) is 0. The van der Waals surface area contributed by atoms with Gasteiger partial charge in [0.15, 0.2) is 0 Å². The Morgan fingerprint density at radius 1 is 0.517 bits per heavy atom. The molecule has 0 fully saturated rings. The van der Waals surface area contributed by atoms with Crippen molar-refractivity contribution in [2.24, 2.45) is 0 Å². The van der Waals surface area contributed by atoms with Gasteiger partial charge in [-0.25, -0.2) is 0 Å². The quantitative estimate of drug-likeness (QED) is 0.278. The fourth-order valence-corrected chi connectivity index (χ4v) is 10.7. The van der Waals surface area contributed by atoms with Gasteiger partial charge in [-0.05, 0) is 0 Å². The molecule has 0 unspecified atom stereocenters. The molecule has 0 atom stereocenters. The summed E-state index contributed by atoms with van der Waals surface area (Å²) < 4.78 is 0. The average Bonchev–Trinajstić information content (AvgIpc) is 2.75. The van der Waals surface area contributed by atoms with E-state index < -0.39 is 5.96 Å². The van der Waals surface area contributed by atoms with Crippen molar-refractivity contribution in [2.75, 3.05) is 0 Å². The molecule has 4 aromatic rings. The minimum atomic E-state index is -3.37. The fraction of sp³-hybridized carbons (Fsp3) is 0.0400. The normalized spacial score (nSPS) is 12.9. The molecule has 0 saturated heterocycles. The molecule has 0 spiro atoms. The molecule has 0 heterocycles. The van der Waals surface area contributed by atoms with E-state index in [0.717, 1.165) is 21.5 Å². The molecule has 29 heavy (non-hydrogen) atoms. The van der Waals surface area contributed by atoms with Gasteiger partial charge in [0.2, 0.25) is 0 Å². The maximum atomic E-state index is 8.06.